The molecule has 2 heterocycles. The van der Waals surface area contributed by atoms with Crippen LogP contribution in [0.5, 0.6) is 0 Å². The number of halogens is 1. The summed E-state index contributed by atoms with van der Waals surface area (Å²) in [7, 11) is -3.67. The molecule has 1 aliphatic heterocycles. The van der Waals surface area contributed by atoms with Crippen LogP contribution in [0, 0.1) is 12.7 Å². The molecule has 1 saturated heterocycles. The number of aromatic nitrogens is 2. The normalized spacial score (nSPS) is 17.7. The number of hydrogen-bond acceptors (Lipinski definition) is 4. The van der Waals surface area contributed by atoms with Gasteiger partial charge < -0.3 is 10.2 Å². The smallest absolute Gasteiger partial charge is 0.321 e. The molecule has 0 aliphatic carbocycles. The first-order chi connectivity index (χ1) is 12.8. The Morgan fingerprint density at radius 3 is 2.85 bits per heavy atom. The van der Waals surface area contributed by atoms with E-state index in [2.05, 4.69) is 10.4 Å². The average molecular weight is 394 g/mol. The lowest BCUT2D eigenvalue weighted by atomic mass is 10.1. The van der Waals surface area contributed by atoms with Gasteiger partial charge in [-0.3, -0.25) is 4.68 Å². The molecule has 9 heteroatoms. The summed E-state index contributed by atoms with van der Waals surface area (Å²) in [5, 5.41) is 6.96. The molecular weight excluding hydrogens is 371 g/mol. The van der Waals surface area contributed by atoms with Gasteiger partial charge in [0.25, 0.3) is 0 Å². The molecule has 1 unspecified atom stereocenters. The predicted molar refractivity (Wildman–Crippen MR) is 100.0 cm³/mol. The van der Waals surface area contributed by atoms with Gasteiger partial charge in [-0.05, 0) is 43.5 Å². The van der Waals surface area contributed by atoms with Crippen molar-refractivity contribution >= 4 is 21.6 Å². The molecule has 146 valence electrons. The van der Waals surface area contributed by atoms with Crippen molar-refractivity contribution in [3.05, 3.63) is 42.0 Å². The van der Waals surface area contributed by atoms with Crippen molar-refractivity contribution in [3.63, 3.8) is 0 Å². The van der Waals surface area contributed by atoms with Gasteiger partial charge >= 0.3 is 6.03 Å². The van der Waals surface area contributed by atoms with Crippen molar-refractivity contribution in [1.82, 2.24) is 14.7 Å². The van der Waals surface area contributed by atoms with Crippen LogP contribution in [0.1, 0.15) is 31.4 Å². The molecule has 0 bridgehead atoms. The summed E-state index contributed by atoms with van der Waals surface area (Å²) in [6.07, 6.45) is 5.45. The van der Waals surface area contributed by atoms with Crippen molar-refractivity contribution in [3.8, 4) is 0 Å². The number of carbonyl (C=O) groups excluding carboxylic acids is 1. The molecule has 27 heavy (non-hydrogen) atoms. The summed E-state index contributed by atoms with van der Waals surface area (Å²) in [5.41, 5.74) is 1.15. The number of hydrogen-bond donors (Lipinski definition) is 1. The average Bonchev–Trinajstić information content (AvgIpc) is 3.09. The molecule has 0 spiro atoms. The Labute approximate surface area is 158 Å². The number of sulfone groups is 1. The first-order valence-corrected chi connectivity index (χ1v) is 10.5. The second kappa shape index (κ2) is 7.67. The summed E-state index contributed by atoms with van der Waals surface area (Å²) in [6, 6.07) is 3.04. The monoisotopic (exact) mass is 394 g/mol. The third-order valence-electron chi connectivity index (χ3n) is 4.69. The molecule has 1 aromatic heterocycles. The van der Waals surface area contributed by atoms with E-state index in [9.17, 15) is 17.6 Å². The molecule has 0 radical (unpaired) electrons. The van der Waals surface area contributed by atoms with Crippen LogP contribution < -0.4 is 5.32 Å². The zero-order valence-corrected chi connectivity index (χ0v) is 16.2. The van der Waals surface area contributed by atoms with E-state index < -0.39 is 21.7 Å². The Balaban J connectivity index is 1.77. The van der Waals surface area contributed by atoms with Crippen molar-refractivity contribution in [2.45, 2.75) is 37.6 Å². The quantitative estimate of drug-likeness (QED) is 0.864. The summed E-state index contributed by atoms with van der Waals surface area (Å²) >= 11 is 0. The fourth-order valence-corrected chi connectivity index (χ4v) is 4.25. The number of piperidine rings is 1. The molecule has 0 saturated carbocycles. The van der Waals surface area contributed by atoms with Crippen molar-refractivity contribution in [2.75, 3.05) is 24.2 Å². The molecule has 1 fully saturated rings. The topological polar surface area (TPSA) is 84.3 Å². The van der Waals surface area contributed by atoms with Gasteiger partial charge in [-0.25, -0.2) is 17.6 Å². The number of benzene rings is 1. The Morgan fingerprint density at radius 1 is 1.41 bits per heavy atom. The van der Waals surface area contributed by atoms with Gasteiger partial charge in [0.1, 0.15) is 5.82 Å². The van der Waals surface area contributed by atoms with Crippen LogP contribution in [0.2, 0.25) is 0 Å². The highest BCUT2D eigenvalue weighted by Gasteiger charge is 2.27. The Kier molecular flexibility index (Phi) is 5.50. The number of nitrogens with zero attached hydrogens (tertiary/aromatic N) is 3. The van der Waals surface area contributed by atoms with E-state index in [1.54, 1.807) is 11.1 Å². The second-order valence-corrected chi connectivity index (χ2v) is 8.96. The van der Waals surface area contributed by atoms with E-state index in [0.717, 1.165) is 30.5 Å². The van der Waals surface area contributed by atoms with Gasteiger partial charge in [0.2, 0.25) is 0 Å². The lowest BCUT2D eigenvalue weighted by Gasteiger charge is -2.33. The maximum atomic E-state index is 13.5. The van der Waals surface area contributed by atoms with E-state index in [0.29, 0.717) is 13.1 Å². The maximum absolute atomic E-state index is 13.5. The molecule has 1 N–H and O–H groups in total. The molecule has 2 amide bonds. The minimum Gasteiger partial charge on any atom is -0.322 e. The third kappa shape index (κ3) is 4.29. The zero-order chi connectivity index (χ0) is 19.6. The van der Waals surface area contributed by atoms with Gasteiger partial charge in [0.05, 0.1) is 28.6 Å². The number of likely N-dealkylation sites (tertiary alicyclic amines) is 1. The predicted octanol–water partition coefficient (Wildman–Crippen LogP) is 2.99. The maximum Gasteiger partial charge on any atom is 0.321 e. The third-order valence-corrected chi connectivity index (χ3v) is 6.46. The van der Waals surface area contributed by atoms with Crippen molar-refractivity contribution in [2.24, 2.45) is 0 Å². The summed E-state index contributed by atoms with van der Waals surface area (Å²) < 4.78 is 39.9. The van der Waals surface area contributed by atoms with Crippen LogP contribution in [0.15, 0.2) is 35.5 Å². The van der Waals surface area contributed by atoms with Crippen molar-refractivity contribution < 1.29 is 17.6 Å². The molecular formula is C18H23FN4O3S. The van der Waals surface area contributed by atoms with Gasteiger partial charge in [0, 0.05) is 19.3 Å². The van der Waals surface area contributed by atoms with E-state index in [1.165, 1.54) is 13.0 Å². The van der Waals surface area contributed by atoms with Crippen LogP contribution in [-0.2, 0) is 9.84 Å². The standard InChI is InChI=1S/C18H23FN4O3S/c1-3-27(25,26)17-9-14(19)6-7-16(17)21-18(24)22-8-4-5-15(12-22)23-11-13(2)10-20-23/h6-7,9-11,15H,3-5,8,12H2,1-2H3,(H,21,24). The molecule has 2 aromatic rings. The van der Waals surface area contributed by atoms with E-state index in [-0.39, 0.29) is 22.4 Å². The lowest BCUT2D eigenvalue weighted by molar-refractivity contribution is 0.174. The van der Waals surface area contributed by atoms with Crippen molar-refractivity contribution in [1.29, 1.82) is 0 Å². The Bertz CT molecular complexity index is 942. The van der Waals surface area contributed by atoms with Gasteiger partial charge in [0.15, 0.2) is 9.84 Å². The van der Waals surface area contributed by atoms with E-state index in [1.807, 2.05) is 17.8 Å². The fourth-order valence-electron chi connectivity index (χ4n) is 3.19. The first-order valence-electron chi connectivity index (χ1n) is 8.89. The number of rotatable bonds is 4. The van der Waals surface area contributed by atoms with Gasteiger partial charge in [-0.15, -0.1) is 0 Å². The molecule has 7 nitrogen and oxygen atoms in total. The fraction of sp³-hybridized carbons (Fsp3) is 0.444. The highest BCUT2D eigenvalue weighted by Crippen LogP contribution is 2.26. The molecule has 1 aromatic carbocycles. The molecule has 1 aliphatic rings. The number of carbonyl (C=O) groups is 1. The second-order valence-electron chi connectivity index (χ2n) is 6.71. The van der Waals surface area contributed by atoms with Gasteiger partial charge in [-0.1, -0.05) is 6.92 Å². The van der Waals surface area contributed by atoms with Crippen LogP contribution >= 0.6 is 0 Å². The van der Waals surface area contributed by atoms with Crippen LogP contribution in [0.25, 0.3) is 0 Å². The number of anilines is 1. The van der Waals surface area contributed by atoms with E-state index in [4.69, 9.17) is 0 Å². The summed E-state index contributed by atoms with van der Waals surface area (Å²) in [6.45, 7) is 4.48. The number of aryl methyl sites for hydroxylation is 1. The van der Waals surface area contributed by atoms with Crippen LogP contribution in [-0.4, -0.2) is 48.0 Å². The molecule has 1 atom stereocenters. The zero-order valence-electron chi connectivity index (χ0n) is 15.4. The first kappa shape index (κ1) is 19.3. The van der Waals surface area contributed by atoms with Crippen LogP contribution in [0.3, 0.4) is 0 Å². The van der Waals surface area contributed by atoms with E-state index >= 15 is 0 Å². The number of urea groups is 1. The lowest BCUT2D eigenvalue weighted by Crippen LogP contribution is -2.43. The minimum absolute atomic E-state index is 0.0743. The summed E-state index contributed by atoms with van der Waals surface area (Å²) in [5.74, 6) is -0.837. The Morgan fingerprint density at radius 2 is 2.19 bits per heavy atom. The Hall–Kier alpha value is -2.42. The summed E-state index contributed by atoms with van der Waals surface area (Å²) in [4.78, 5) is 14.1. The highest BCUT2D eigenvalue weighted by atomic mass is 32.2. The van der Waals surface area contributed by atoms with Crippen LogP contribution in [0.4, 0.5) is 14.9 Å². The SMILES string of the molecule is CCS(=O)(=O)c1cc(F)ccc1NC(=O)N1CCCC(n2cc(C)cn2)C1. The largest absolute Gasteiger partial charge is 0.322 e. The minimum atomic E-state index is -3.67. The molecule has 3 rings (SSSR count). The number of amides is 2. The van der Waals surface area contributed by atoms with Gasteiger partial charge in [-0.2, -0.15) is 5.10 Å². The number of nitrogens with one attached hydrogen (secondary N) is 1. The highest BCUT2D eigenvalue weighted by molar-refractivity contribution is 7.91.